The van der Waals surface area contributed by atoms with E-state index in [0.29, 0.717) is 6.54 Å². The lowest BCUT2D eigenvalue weighted by molar-refractivity contribution is 0.398. The molecular weight excluding hydrogens is 311 g/mol. The van der Waals surface area contributed by atoms with Crippen LogP contribution in [0.25, 0.3) is 0 Å². The number of halogens is 1. The van der Waals surface area contributed by atoms with Gasteiger partial charge < -0.3 is 5.73 Å². The van der Waals surface area contributed by atoms with Gasteiger partial charge in [-0.25, -0.2) is 12.8 Å². The first kappa shape index (κ1) is 14.5. The molecule has 112 valence electrons. The minimum atomic E-state index is -3.94. The van der Waals surface area contributed by atoms with E-state index in [1.807, 2.05) is 17.5 Å². The summed E-state index contributed by atoms with van der Waals surface area (Å²) in [5.41, 5.74) is 5.65. The highest BCUT2D eigenvalue weighted by atomic mass is 32.2. The Morgan fingerprint density at radius 2 is 2.10 bits per heavy atom. The van der Waals surface area contributed by atoms with E-state index in [4.69, 9.17) is 5.73 Å². The van der Waals surface area contributed by atoms with Gasteiger partial charge in [0.25, 0.3) is 0 Å². The van der Waals surface area contributed by atoms with Crippen molar-refractivity contribution < 1.29 is 12.8 Å². The molecule has 0 saturated carbocycles. The van der Waals surface area contributed by atoms with Crippen LogP contribution in [0.1, 0.15) is 23.8 Å². The van der Waals surface area contributed by atoms with Crippen molar-refractivity contribution in [2.45, 2.75) is 23.8 Å². The molecule has 1 atom stereocenters. The molecule has 1 fully saturated rings. The topological polar surface area (TPSA) is 63.4 Å². The van der Waals surface area contributed by atoms with E-state index in [2.05, 4.69) is 0 Å². The third-order valence-electron chi connectivity index (χ3n) is 3.64. The minimum absolute atomic E-state index is 0.0492. The van der Waals surface area contributed by atoms with Crippen molar-refractivity contribution in [2.24, 2.45) is 0 Å². The zero-order valence-electron chi connectivity index (χ0n) is 11.2. The molecule has 1 unspecified atom stereocenters. The lowest BCUT2D eigenvalue weighted by Crippen LogP contribution is -2.31. The summed E-state index contributed by atoms with van der Waals surface area (Å²) in [6.45, 7) is 0.388. The number of hydrogen-bond donors (Lipinski definition) is 1. The van der Waals surface area contributed by atoms with Gasteiger partial charge in [0.05, 0.1) is 11.7 Å². The molecule has 1 aliphatic rings. The van der Waals surface area contributed by atoms with Crippen LogP contribution in [0.5, 0.6) is 0 Å². The van der Waals surface area contributed by atoms with E-state index in [0.717, 1.165) is 23.8 Å². The van der Waals surface area contributed by atoms with Crippen molar-refractivity contribution in [3.8, 4) is 0 Å². The van der Waals surface area contributed by atoms with Gasteiger partial charge in [-0.3, -0.25) is 0 Å². The summed E-state index contributed by atoms with van der Waals surface area (Å²) in [7, 11) is -3.94. The molecule has 7 heteroatoms. The Labute approximate surface area is 127 Å². The zero-order valence-corrected chi connectivity index (χ0v) is 12.8. The van der Waals surface area contributed by atoms with Crippen LogP contribution in [0.4, 0.5) is 10.1 Å². The van der Waals surface area contributed by atoms with Gasteiger partial charge in [-0.05, 0) is 36.4 Å². The average molecular weight is 326 g/mol. The highest BCUT2D eigenvalue weighted by molar-refractivity contribution is 7.89. The molecule has 1 aliphatic heterocycles. The fourth-order valence-corrected chi connectivity index (χ4v) is 5.49. The van der Waals surface area contributed by atoms with Crippen molar-refractivity contribution in [3.63, 3.8) is 0 Å². The molecule has 3 rings (SSSR count). The van der Waals surface area contributed by atoms with E-state index in [9.17, 15) is 12.8 Å². The molecule has 2 N–H and O–H groups in total. The number of thiophene rings is 1. The summed E-state index contributed by atoms with van der Waals surface area (Å²) in [5, 5.41) is 1.91. The Bertz CT molecular complexity index is 724. The quantitative estimate of drug-likeness (QED) is 0.882. The standard InChI is InChI=1S/C14H15FN2O2S2/c15-10-4-1-5-11(16)14(10)21(18,19)17-8-2-6-12(17)13-7-3-9-20-13/h1,3-5,7,9,12H,2,6,8,16H2. The fraction of sp³-hybridized carbons (Fsp3) is 0.286. The number of nitrogen functional groups attached to an aromatic ring is 1. The average Bonchev–Trinajstić information content (AvgIpc) is 3.09. The van der Waals surface area contributed by atoms with Crippen molar-refractivity contribution >= 4 is 27.0 Å². The van der Waals surface area contributed by atoms with Crippen LogP contribution >= 0.6 is 11.3 Å². The monoisotopic (exact) mass is 326 g/mol. The number of nitrogens with zero attached hydrogens (tertiary/aromatic N) is 1. The van der Waals surface area contributed by atoms with Crippen LogP contribution in [-0.2, 0) is 10.0 Å². The second-order valence-electron chi connectivity index (χ2n) is 4.95. The number of hydrogen-bond acceptors (Lipinski definition) is 4. The smallest absolute Gasteiger partial charge is 0.248 e. The molecule has 1 aromatic carbocycles. The zero-order chi connectivity index (χ0) is 15.0. The Morgan fingerprint density at radius 1 is 1.29 bits per heavy atom. The van der Waals surface area contributed by atoms with Crippen LogP contribution in [0.2, 0.25) is 0 Å². The van der Waals surface area contributed by atoms with E-state index < -0.39 is 20.7 Å². The fourth-order valence-electron chi connectivity index (χ4n) is 2.71. The van der Waals surface area contributed by atoms with E-state index in [1.54, 1.807) is 0 Å². The van der Waals surface area contributed by atoms with E-state index in [-0.39, 0.29) is 11.7 Å². The molecule has 2 heterocycles. The highest BCUT2D eigenvalue weighted by Gasteiger charge is 2.38. The van der Waals surface area contributed by atoms with Gasteiger partial charge in [-0.15, -0.1) is 11.3 Å². The second-order valence-corrected chi connectivity index (χ2v) is 7.75. The molecule has 1 aromatic heterocycles. The van der Waals surface area contributed by atoms with E-state index >= 15 is 0 Å². The molecule has 21 heavy (non-hydrogen) atoms. The molecule has 2 aromatic rings. The number of sulfonamides is 1. The molecular formula is C14H15FN2O2S2. The number of benzene rings is 1. The van der Waals surface area contributed by atoms with Crippen molar-refractivity contribution in [3.05, 3.63) is 46.4 Å². The van der Waals surface area contributed by atoms with Gasteiger partial charge >= 0.3 is 0 Å². The predicted molar refractivity (Wildman–Crippen MR) is 81.0 cm³/mol. The number of nitrogens with two attached hydrogens (primary N) is 1. The minimum Gasteiger partial charge on any atom is -0.398 e. The van der Waals surface area contributed by atoms with Gasteiger partial charge in [-0.1, -0.05) is 12.1 Å². The Kier molecular flexibility index (Phi) is 3.73. The van der Waals surface area contributed by atoms with Crippen molar-refractivity contribution in [2.75, 3.05) is 12.3 Å². The van der Waals surface area contributed by atoms with Gasteiger partial charge in [0, 0.05) is 11.4 Å². The third-order valence-corrected chi connectivity index (χ3v) is 6.61. The number of rotatable bonds is 3. The first-order chi connectivity index (χ1) is 10.0. The maximum atomic E-state index is 14.0. The third kappa shape index (κ3) is 2.45. The molecule has 0 aliphatic carbocycles. The summed E-state index contributed by atoms with van der Waals surface area (Å²) in [6.07, 6.45) is 1.50. The van der Waals surface area contributed by atoms with Crippen LogP contribution in [-0.4, -0.2) is 19.3 Å². The molecule has 0 radical (unpaired) electrons. The molecule has 0 amide bonds. The summed E-state index contributed by atoms with van der Waals surface area (Å²) < 4.78 is 40.9. The van der Waals surface area contributed by atoms with Gasteiger partial charge in [0.2, 0.25) is 10.0 Å². The van der Waals surface area contributed by atoms with Gasteiger partial charge in [0.1, 0.15) is 10.7 Å². The summed E-state index contributed by atoms with van der Waals surface area (Å²) in [6, 6.07) is 7.51. The lowest BCUT2D eigenvalue weighted by Gasteiger charge is -2.24. The van der Waals surface area contributed by atoms with Crippen LogP contribution in [0.15, 0.2) is 40.6 Å². The van der Waals surface area contributed by atoms with Gasteiger partial charge in [-0.2, -0.15) is 4.31 Å². The molecule has 0 bridgehead atoms. The summed E-state index contributed by atoms with van der Waals surface area (Å²) in [5.74, 6) is -0.799. The lowest BCUT2D eigenvalue weighted by atomic mass is 10.2. The highest BCUT2D eigenvalue weighted by Crippen LogP contribution is 2.39. The predicted octanol–water partition coefficient (Wildman–Crippen LogP) is 3.00. The molecule has 0 spiro atoms. The van der Waals surface area contributed by atoms with Crippen LogP contribution < -0.4 is 5.73 Å². The first-order valence-corrected chi connectivity index (χ1v) is 8.93. The Hall–Kier alpha value is -1.44. The molecule has 1 saturated heterocycles. The second kappa shape index (κ2) is 5.40. The van der Waals surface area contributed by atoms with Crippen molar-refractivity contribution in [1.82, 2.24) is 4.31 Å². The molecule has 4 nitrogen and oxygen atoms in total. The summed E-state index contributed by atoms with van der Waals surface area (Å²) >= 11 is 1.51. The van der Waals surface area contributed by atoms with Crippen molar-refractivity contribution in [1.29, 1.82) is 0 Å². The van der Waals surface area contributed by atoms with E-state index in [1.165, 1.54) is 27.8 Å². The maximum absolute atomic E-state index is 14.0. The van der Waals surface area contributed by atoms with Crippen LogP contribution in [0.3, 0.4) is 0 Å². The summed E-state index contributed by atoms with van der Waals surface area (Å²) in [4.78, 5) is 0.569. The first-order valence-electron chi connectivity index (χ1n) is 6.61. The van der Waals surface area contributed by atoms with Gasteiger partial charge in [0.15, 0.2) is 0 Å². The maximum Gasteiger partial charge on any atom is 0.248 e. The Balaban J connectivity index is 2.06. The van der Waals surface area contributed by atoms with Crippen LogP contribution in [0, 0.1) is 5.82 Å². The normalized spacial score (nSPS) is 20.0. The Morgan fingerprint density at radius 3 is 2.76 bits per heavy atom. The SMILES string of the molecule is Nc1cccc(F)c1S(=O)(=O)N1CCCC1c1cccs1. The number of anilines is 1. The largest absolute Gasteiger partial charge is 0.398 e.